The second kappa shape index (κ2) is 28.9. The molecule has 0 aromatic carbocycles. The maximum absolute atomic E-state index is 9.25. The molecular weight excluding hydrogens is 344 g/mol. The first kappa shape index (κ1) is 29.9. The Balaban J connectivity index is 0. The minimum Gasteiger partial charge on any atom is -0.396 e. The van der Waals surface area contributed by atoms with Crippen molar-refractivity contribution < 1.29 is 10.2 Å². The van der Waals surface area contributed by atoms with Crippen LogP contribution in [0.3, 0.4) is 0 Å². The summed E-state index contributed by atoms with van der Waals surface area (Å²) in [6, 6.07) is 0. The SMILES string of the molecule is CCCCCC/C=C\CCCCCCCC.CCCCCCCC(O)CCO. The molecule has 1 atom stereocenters. The van der Waals surface area contributed by atoms with Crippen LogP contribution < -0.4 is 0 Å². The van der Waals surface area contributed by atoms with Crippen LogP contribution in [0.2, 0.25) is 0 Å². The molecule has 0 saturated heterocycles. The molecular formula is C26H54O2. The normalized spacial score (nSPS) is 12.2. The van der Waals surface area contributed by atoms with E-state index >= 15 is 0 Å². The van der Waals surface area contributed by atoms with Gasteiger partial charge in [0.05, 0.1) is 6.10 Å². The van der Waals surface area contributed by atoms with Gasteiger partial charge in [-0.2, -0.15) is 0 Å². The zero-order chi connectivity index (χ0) is 21.1. The Morgan fingerprint density at radius 2 is 0.929 bits per heavy atom. The minimum atomic E-state index is -0.281. The number of aliphatic hydroxyl groups excluding tert-OH is 2. The van der Waals surface area contributed by atoms with Gasteiger partial charge in [0.2, 0.25) is 0 Å². The van der Waals surface area contributed by atoms with E-state index in [9.17, 15) is 5.11 Å². The third-order valence-electron chi connectivity index (χ3n) is 5.22. The number of rotatable bonds is 20. The zero-order valence-corrected chi connectivity index (χ0v) is 19.8. The van der Waals surface area contributed by atoms with Crippen LogP contribution in [-0.4, -0.2) is 22.9 Å². The molecule has 0 heterocycles. The van der Waals surface area contributed by atoms with Crippen LogP contribution in [0.4, 0.5) is 0 Å². The Kier molecular flexibility index (Phi) is 30.8. The summed E-state index contributed by atoms with van der Waals surface area (Å²) in [6.45, 7) is 6.85. The molecule has 0 aliphatic heterocycles. The zero-order valence-electron chi connectivity index (χ0n) is 19.8. The third-order valence-corrected chi connectivity index (χ3v) is 5.22. The van der Waals surface area contributed by atoms with Gasteiger partial charge < -0.3 is 10.2 Å². The van der Waals surface area contributed by atoms with Gasteiger partial charge in [0.1, 0.15) is 0 Å². The Bertz CT molecular complexity index is 276. The predicted octanol–water partition coefficient (Wildman–Crippen LogP) is 8.35. The Hall–Kier alpha value is -0.340. The lowest BCUT2D eigenvalue weighted by molar-refractivity contribution is 0.122. The van der Waals surface area contributed by atoms with Crippen molar-refractivity contribution in [2.75, 3.05) is 6.61 Å². The third kappa shape index (κ3) is 30.4. The van der Waals surface area contributed by atoms with E-state index in [1.165, 1.54) is 103 Å². The van der Waals surface area contributed by atoms with Crippen LogP contribution in [0.5, 0.6) is 0 Å². The van der Waals surface area contributed by atoms with Gasteiger partial charge in [-0.3, -0.25) is 0 Å². The molecule has 1 unspecified atom stereocenters. The summed E-state index contributed by atoms with van der Waals surface area (Å²) in [5.41, 5.74) is 0. The van der Waals surface area contributed by atoms with E-state index < -0.39 is 0 Å². The molecule has 0 aromatic heterocycles. The number of allylic oxidation sites excluding steroid dienone is 2. The van der Waals surface area contributed by atoms with Gasteiger partial charge in [0.25, 0.3) is 0 Å². The fraction of sp³-hybridized carbons (Fsp3) is 0.923. The van der Waals surface area contributed by atoms with Gasteiger partial charge in [0.15, 0.2) is 0 Å². The average Bonchev–Trinajstić information content (AvgIpc) is 2.69. The van der Waals surface area contributed by atoms with Gasteiger partial charge in [-0.05, 0) is 38.5 Å². The Morgan fingerprint density at radius 3 is 1.39 bits per heavy atom. The highest BCUT2D eigenvalue weighted by atomic mass is 16.3. The fourth-order valence-corrected chi connectivity index (χ4v) is 3.24. The maximum Gasteiger partial charge on any atom is 0.0562 e. The molecule has 0 aromatic rings. The van der Waals surface area contributed by atoms with Crippen LogP contribution in [0, 0.1) is 0 Å². The highest BCUT2D eigenvalue weighted by Crippen LogP contribution is 2.09. The van der Waals surface area contributed by atoms with Crippen LogP contribution in [0.15, 0.2) is 12.2 Å². The molecule has 0 fully saturated rings. The van der Waals surface area contributed by atoms with Crippen LogP contribution in [-0.2, 0) is 0 Å². The van der Waals surface area contributed by atoms with Crippen molar-refractivity contribution >= 4 is 0 Å². The van der Waals surface area contributed by atoms with E-state index in [4.69, 9.17) is 5.11 Å². The van der Waals surface area contributed by atoms with Gasteiger partial charge in [0, 0.05) is 6.61 Å². The van der Waals surface area contributed by atoms with E-state index in [2.05, 4.69) is 32.9 Å². The highest BCUT2D eigenvalue weighted by molar-refractivity contribution is 4.81. The first-order valence-electron chi connectivity index (χ1n) is 12.7. The van der Waals surface area contributed by atoms with Crippen molar-refractivity contribution in [3.05, 3.63) is 12.2 Å². The number of hydrogen-bond acceptors (Lipinski definition) is 2. The molecule has 0 aliphatic rings. The minimum absolute atomic E-state index is 0.107. The van der Waals surface area contributed by atoms with Gasteiger partial charge in [-0.25, -0.2) is 0 Å². The molecule has 0 saturated carbocycles. The smallest absolute Gasteiger partial charge is 0.0562 e. The second-order valence-electron chi connectivity index (χ2n) is 8.25. The lowest BCUT2D eigenvalue weighted by Crippen LogP contribution is -2.08. The number of hydrogen-bond donors (Lipinski definition) is 2. The summed E-state index contributed by atoms with van der Waals surface area (Å²) in [7, 11) is 0. The molecule has 0 rings (SSSR count). The van der Waals surface area contributed by atoms with Crippen molar-refractivity contribution in [2.45, 2.75) is 149 Å². The molecule has 0 radical (unpaired) electrons. The lowest BCUT2D eigenvalue weighted by atomic mass is 10.1. The summed E-state index contributed by atoms with van der Waals surface area (Å²) in [5, 5.41) is 17.8. The van der Waals surface area contributed by atoms with Crippen LogP contribution >= 0.6 is 0 Å². The molecule has 0 bridgehead atoms. The Morgan fingerprint density at radius 1 is 0.536 bits per heavy atom. The molecule has 170 valence electrons. The molecule has 2 heteroatoms. The molecule has 0 aliphatic carbocycles. The number of unbranched alkanes of at least 4 members (excludes halogenated alkanes) is 14. The molecule has 0 amide bonds. The maximum atomic E-state index is 9.25. The summed E-state index contributed by atoms with van der Waals surface area (Å²) < 4.78 is 0. The topological polar surface area (TPSA) is 40.5 Å². The lowest BCUT2D eigenvalue weighted by Gasteiger charge is -2.07. The number of aliphatic hydroxyl groups is 2. The van der Waals surface area contributed by atoms with E-state index in [1.807, 2.05) is 0 Å². The van der Waals surface area contributed by atoms with Gasteiger partial charge >= 0.3 is 0 Å². The highest BCUT2D eigenvalue weighted by Gasteiger charge is 2.01. The van der Waals surface area contributed by atoms with Crippen molar-refractivity contribution in [2.24, 2.45) is 0 Å². The molecule has 0 spiro atoms. The van der Waals surface area contributed by atoms with Crippen molar-refractivity contribution in [3.8, 4) is 0 Å². The average molecular weight is 399 g/mol. The predicted molar refractivity (Wildman–Crippen MR) is 127 cm³/mol. The largest absolute Gasteiger partial charge is 0.396 e. The second-order valence-corrected chi connectivity index (χ2v) is 8.25. The van der Waals surface area contributed by atoms with Crippen molar-refractivity contribution in [1.29, 1.82) is 0 Å². The monoisotopic (exact) mass is 398 g/mol. The summed E-state index contributed by atoms with van der Waals surface area (Å²) in [6.07, 6.45) is 28.7. The van der Waals surface area contributed by atoms with Crippen molar-refractivity contribution in [3.63, 3.8) is 0 Å². The van der Waals surface area contributed by atoms with E-state index in [1.54, 1.807) is 0 Å². The molecule has 2 N–H and O–H groups in total. The van der Waals surface area contributed by atoms with Crippen LogP contribution in [0.25, 0.3) is 0 Å². The first-order valence-corrected chi connectivity index (χ1v) is 12.7. The quantitative estimate of drug-likeness (QED) is 0.160. The Labute approximate surface area is 178 Å². The van der Waals surface area contributed by atoms with Crippen LogP contribution in [0.1, 0.15) is 143 Å². The van der Waals surface area contributed by atoms with Crippen molar-refractivity contribution in [1.82, 2.24) is 0 Å². The van der Waals surface area contributed by atoms with Gasteiger partial charge in [-0.1, -0.05) is 116 Å². The summed E-state index contributed by atoms with van der Waals surface area (Å²) in [5.74, 6) is 0. The van der Waals surface area contributed by atoms with E-state index in [0.29, 0.717) is 6.42 Å². The molecule has 2 nitrogen and oxygen atoms in total. The summed E-state index contributed by atoms with van der Waals surface area (Å²) >= 11 is 0. The standard InChI is InChI=1S/C16H32.C10H22O2/c1-3-5-7-9-11-13-15-16-14-12-10-8-6-4-2;1-2-3-4-5-6-7-10(12)8-9-11/h13,15H,3-12,14,16H2,1-2H3;10-12H,2-9H2,1H3/b15-13-;. The van der Waals surface area contributed by atoms with E-state index in [-0.39, 0.29) is 12.7 Å². The van der Waals surface area contributed by atoms with E-state index in [0.717, 1.165) is 12.8 Å². The summed E-state index contributed by atoms with van der Waals surface area (Å²) in [4.78, 5) is 0. The first-order chi connectivity index (χ1) is 13.7. The fourth-order valence-electron chi connectivity index (χ4n) is 3.24. The van der Waals surface area contributed by atoms with Gasteiger partial charge in [-0.15, -0.1) is 0 Å². The molecule has 28 heavy (non-hydrogen) atoms.